The van der Waals surface area contributed by atoms with Crippen molar-refractivity contribution in [1.29, 1.82) is 0 Å². The molecule has 0 radical (unpaired) electrons. The molecular formula is C15H22N2O3. The highest BCUT2D eigenvalue weighted by Gasteiger charge is 2.40. The van der Waals surface area contributed by atoms with Gasteiger partial charge in [-0.25, -0.2) is 0 Å². The number of nitro groups is 1. The molecule has 0 unspecified atom stereocenters. The van der Waals surface area contributed by atoms with Gasteiger partial charge < -0.3 is 10.1 Å². The van der Waals surface area contributed by atoms with Crippen LogP contribution in [-0.2, 0) is 0 Å². The molecule has 5 heteroatoms. The SMILES string of the molecule is CCCOc1cccc(NCC2(CC)CC2)c1[N+](=O)[O-]. The maximum absolute atomic E-state index is 11.3. The van der Waals surface area contributed by atoms with Crippen LogP contribution in [0.3, 0.4) is 0 Å². The number of hydrogen-bond acceptors (Lipinski definition) is 4. The molecule has 0 heterocycles. The largest absolute Gasteiger partial charge is 0.487 e. The van der Waals surface area contributed by atoms with Crippen molar-refractivity contribution in [2.75, 3.05) is 18.5 Å². The molecule has 1 aromatic carbocycles. The number of rotatable bonds is 8. The van der Waals surface area contributed by atoms with Crippen molar-refractivity contribution >= 4 is 11.4 Å². The summed E-state index contributed by atoms with van der Waals surface area (Å²) in [4.78, 5) is 10.9. The van der Waals surface area contributed by atoms with Crippen LogP contribution < -0.4 is 10.1 Å². The lowest BCUT2D eigenvalue weighted by atomic mass is 10.0. The number of nitro benzene ring substituents is 1. The molecule has 1 N–H and O–H groups in total. The van der Waals surface area contributed by atoms with Crippen molar-refractivity contribution in [3.8, 4) is 5.75 Å². The van der Waals surface area contributed by atoms with Crippen molar-refractivity contribution in [2.45, 2.75) is 39.5 Å². The molecule has 1 aliphatic rings. The summed E-state index contributed by atoms with van der Waals surface area (Å²) in [5.41, 5.74) is 0.949. The van der Waals surface area contributed by atoms with Crippen LogP contribution in [0.2, 0.25) is 0 Å². The molecule has 1 aliphatic carbocycles. The fraction of sp³-hybridized carbons (Fsp3) is 0.600. The van der Waals surface area contributed by atoms with E-state index >= 15 is 0 Å². The fourth-order valence-corrected chi connectivity index (χ4v) is 2.30. The van der Waals surface area contributed by atoms with E-state index in [-0.39, 0.29) is 10.6 Å². The highest BCUT2D eigenvalue weighted by molar-refractivity contribution is 5.68. The molecule has 0 bridgehead atoms. The predicted molar refractivity (Wildman–Crippen MR) is 79.3 cm³/mol. The monoisotopic (exact) mass is 278 g/mol. The van der Waals surface area contributed by atoms with Gasteiger partial charge in [0.1, 0.15) is 5.69 Å². The van der Waals surface area contributed by atoms with Gasteiger partial charge in [-0.05, 0) is 43.2 Å². The first kappa shape index (κ1) is 14.6. The van der Waals surface area contributed by atoms with Gasteiger partial charge in [0.05, 0.1) is 11.5 Å². The molecule has 1 saturated carbocycles. The van der Waals surface area contributed by atoms with Gasteiger partial charge in [-0.2, -0.15) is 0 Å². The minimum atomic E-state index is -0.362. The summed E-state index contributed by atoms with van der Waals surface area (Å²) in [6.07, 6.45) is 4.35. The third-order valence-electron chi connectivity index (χ3n) is 4.00. The zero-order valence-corrected chi connectivity index (χ0v) is 12.1. The Morgan fingerprint density at radius 3 is 2.70 bits per heavy atom. The molecule has 0 aromatic heterocycles. The minimum Gasteiger partial charge on any atom is -0.487 e. The molecule has 0 amide bonds. The molecule has 2 rings (SSSR count). The summed E-state index contributed by atoms with van der Waals surface area (Å²) in [6, 6.07) is 5.21. The number of nitrogens with zero attached hydrogens (tertiary/aromatic N) is 1. The fourth-order valence-electron chi connectivity index (χ4n) is 2.30. The molecule has 0 spiro atoms. The summed E-state index contributed by atoms with van der Waals surface area (Å²) in [5, 5.41) is 14.5. The number of benzene rings is 1. The maximum Gasteiger partial charge on any atom is 0.333 e. The number of hydrogen-bond donors (Lipinski definition) is 1. The van der Waals surface area contributed by atoms with Crippen LogP contribution in [0.1, 0.15) is 39.5 Å². The molecule has 0 atom stereocenters. The average Bonchev–Trinajstić information content (AvgIpc) is 3.23. The van der Waals surface area contributed by atoms with Gasteiger partial charge in [0.15, 0.2) is 5.75 Å². The van der Waals surface area contributed by atoms with E-state index in [1.54, 1.807) is 18.2 Å². The van der Waals surface area contributed by atoms with E-state index in [2.05, 4.69) is 12.2 Å². The molecule has 0 saturated heterocycles. The van der Waals surface area contributed by atoms with Gasteiger partial charge in [-0.1, -0.05) is 19.9 Å². The Bertz CT molecular complexity index is 484. The third-order valence-corrected chi connectivity index (χ3v) is 4.00. The van der Waals surface area contributed by atoms with Crippen LogP contribution in [0, 0.1) is 15.5 Å². The van der Waals surface area contributed by atoms with Crippen molar-refractivity contribution in [3.05, 3.63) is 28.3 Å². The van der Waals surface area contributed by atoms with E-state index in [1.165, 1.54) is 12.8 Å². The summed E-state index contributed by atoms with van der Waals surface area (Å²) in [7, 11) is 0. The molecule has 0 aliphatic heterocycles. The van der Waals surface area contributed by atoms with Crippen molar-refractivity contribution in [1.82, 2.24) is 0 Å². The van der Waals surface area contributed by atoms with Gasteiger partial charge >= 0.3 is 5.69 Å². The first-order chi connectivity index (χ1) is 9.62. The normalized spacial score (nSPS) is 15.7. The quantitative estimate of drug-likeness (QED) is 0.577. The van der Waals surface area contributed by atoms with E-state index in [0.29, 0.717) is 23.5 Å². The van der Waals surface area contributed by atoms with E-state index < -0.39 is 0 Å². The number of ether oxygens (including phenoxy) is 1. The summed E-state index contributed by atoms with van der Waals surface area (Å²) < 4.78 is 5.48. The smallest absolute Gasteiger partial charge is 0.333 e. The van der Waals surface area contributed by atoms with Crippen LogP contribution in [0.25, 0.3) is 0 Å². The lowest BCUT2D eigenvalue weighted by Gasteiger charge is -2.15. The second kappa shape index (κ2) is 6.11. The van der Waals surface area contributed by atoms with Gasteiger partial charge in [0, 0.05) is 6.54 Å². The Balaban J connectivity index is 2.16. The molecule has 5 nitrogen and oxygen atoms in total. The average molecular weight is 278 g/mol. The van der Waals surface area contributed by atoms with Crippen LogP contribution in [-0.4, -0.2) is 18.1 Å². The zero-order chi connectivity index (χ0) is 14.6. The van der Waals surface area contributed by atoms with E-state index in [4.69, 9.17) is 4.74 Å². The molecular weight excluding hydrogens is 256 g/mol. The lowest BCUT2D eigenvalue weighted by Crippen LogP contribution is -2.15. The van der Waals surface area contributed by atoms with E-state index in [9.17, 15) is 10.1 Å². The standard InChI is InChI=1S/C15H22N2O3/c1-3-10-20-13-7-5-6-12(14(13)17(18)19)16-11-15(4-2)8-9-15/h5-7,16H,3-4,8-11H2,1-2H3. The Morgan fingerprint density at radius 2 is 2.15 bits per heavy atom. The predicted octanol–water partition coefficient (Wildman–Crippen LogP) is 3.99. The molecule has 20 heavy (non-hydrogen) atoms. The van der Waals surface area contributed by atoms with Crippen LogP contribution >= 0.6 is 0 Å². The van der Waals surface area contributed by atoms with Gasteiger partial charge in [-0.15, -0.1) is 0 Å². The lowest BCUT2D eigenvalue weighted by molar-refractivity contribution is -0.385. The minimum absolute atomic E-state index is 0.0489. The first-order valence-corrected chi connectivity index (χ1v) is 7.26. The number of nitrogens with one attached hydrogen (secondary N) is 1. The third kappa shape index (κ3) is 3.21. The Kier molecular flexibility index (Phi) is 4.47. The van der Waals surface area contributed by atoms with E-state index in [0.717, 1.165) is 19.4 Å². The summed E-state index contributed by atoms with van der Waals surface area (Å²) in [5.74, 6) is 0.350. The highest BCUT2D eigenvalue weighted by Crippen LogP contribution is 2.49. The van der Waals surface area contributed by atoms with Crippen molar-refractivity contribution < 1.29 is 9.66 Å². The van der Waals surface area contributed by atoms with Gasteiger partial charge in [0.25, 0.3) is 0 Å². The number of anilines is 1. The van der Waals surface area contributed by atoms with Crippen LogP contribution in [0.15, 0.2) is 18.2 Å². The van der Waals surface area contributed by atoms with Gasteiger partial charge in [-0.3, -0.25) is 10.1 Å². The first-order valence-electron chi connectivity index (χ1n) is 7.26. The van der Waals surface area contributed by atoms with E-state index in [1.807, 2.05) is 6.92 Å². The summed E-state index contributed by atoms with van der Waals surface area (Å²) in [6.45, 7) is 5.43. The Labute approximate surface area is 119 Å². The number of para-hydroxylation sites is 1. The van der Waals surface area contributed by atoms with Crippen molar-refractivity contribution in [2.24, 2.45) is 5.41 Å². The molecule has 1 aromatic rings. The van der Waals surface area contributed by atoms with Crippen LogP contribution in [0.5, 0.6) is 5.75 Å². The zero-order valence-electron chi connectivity index (χ0n) is 12.1. The highest BCUT2D eigenvalue weighted by atomic mass is 16.6. The Morgan fingerprint density at radius 1 is 1.40 bits per heavy atom. The van der Waals surface area contributed by atoms with Crippen LogP contribution in [0.4, 0.5) is 11.4 Å². The van der Waals surface area contributed by atoms with Crippen molar-refractivity contribution in [3.63, 3.8) is 0 Å². The van der Waals surface area contributed by atoms with Gasteiger partial charge in [0.2, 0.25) is 0 Å². The second-order valence-electron chi connectivity index (χ2n) is 5.46. The maximum atomic E-state index is 11.3. The summed E-state index contributed by atoms with van der Waals surface area (Å²) >= 11 is 0. The molecule has 110 valence electrons. The molecule has 1 fully saturated rings. The Hall–Kier alpha value is -1.78. The second-order valence-corrected chi connectivity index (χ2v) is 5.46. The topological polar surface area (TPSA) is 64.4 Å².